The number of guanidine groups is 1. The van der Waals surface area contributed by atoms with Gasteiger partial charge in [-0.1, -0.05) is 68.2 Å². The van der Waals surface area contributed by atoms with E-state index in [0.29, 0.717) is 50.7 Å². The second kappa shape index (κ2) is 53.7. The number of aliphatic imine (C=N–C) groups is 1. The summed E-state index contributed by atoms with van der Waals surface area (Å²) in [5.41, 5.74) is 34.2. The predicted octanol–water partition coefficient (Wildman–Crippen LogP) is -4.93. The van der Waals surface area contributed by atoms with Crippen LogP contribution in [0.1, 0.15) is 171 Å². The molecule has 0 fully saturated rings. The van der Waals surface area contributed by atoms with Crippen LogP contribution >= 0.6 is 11.8 Å². The lowest BCUT2D eigenvalue weighted by molar-refractivity contribution is -0.139. The minimum Gasteiger partial charge on any atom is -0.481 e. The molecule has 0 aromatic rings. The first kappa shape index (κ1) is 96.0. The van der Waals surface area contributed by atoms with Crippen LogP contribution in [0.4, 0.5) is 0 Å². The Kier molecular flexibility index (Phi) is 49.5. The van der Waals surface area contributed by atoms with Crippen molar-refractivity contribution < 1.29 is 87.5 Å². The molecule has 0 aromatic heterocycles. The molecule has 0 heterocycles. The number of amides is 12. The van der Waals surface area contributed by atoms with Crippen LogP contribution in [0.5, 0.6) is 0 Å². The standard InChI is InChI=1S/C66H123N19O18S/c1-10-38(7)52(64(102)79-43(21-14-17-28-69)58(96)82-48(34-86)62(100)76-41(19-12-15-26-67)55(93)74-33-51(90)91)84-61(99)47(32-37(5)6)81-65(103)53(39(8)11-2)85-63(101)49(35-87)83-60(98)46(31-36(3)4)80-59(97)45(23-24-50(88)89)78-57(95)44(22-18-29-73-66(71)72)77-56(94)42(20-13-16-27-68)75-54(92)40(70)25-30-104-9/h36-49,52-53,86-87H,10-35,67-70H2,1-9H3,(H,74,93)(H,75,92)(H,76,100)(H,77,94)(H,78,95)(H,79,102)(H,80,97)(H,81,103)(H,82,96)(H,83,98)(H,84,99)(H,85,101)(H,88,89)(H,90,91)(H4,71,72,73)/t38-,39-,40-,41-,42-,43-,44-,45-,46-,47-,48-,49-,52-,53-/m0/s1. The van der Waals surface area contributed by atoms with Gasteiger partial charge < -0.3 is 119 Å². The second-order valence-electron chi connectivity index (χ2n) is 26.7. The topological polar surface area (TPSA) is 633 Å². The number of aliphatic hydroxyl groups excluding tert-OH is 2. The van der Waals surface area contributed by atoms with Gasteiger partial charge in [0, 0.05) is 13.0 Å². The Hall–Kier alpha value is -8.04. The minimum absolute atomic E-state index is 0.00293. The molecular weight excluding hydrogens is 1380 g/mol. The Bertz CT molecular complexity index is 2750. The third-order valence-corrected chi connectivity index (χ3v) is 17.5. The Morgan fingerprint density at radius 2 is 0.712 bits per heavy atom. The van der Waals surface area contributed by atoms with Gasteiger partial charge in [0.1, 0.15) is 73.0 Å². The molecule has 0 aromatic carbocycles. The highest BCUT2D eigenvalue weighted by molar-refractivity contribution is 7.98. The van der Waals surface area contributed by atoms with E-state index in [0.717, 1.165) is 0 Å². The molecule has 28 N–H and O–H groups in total. The van der Waals surface area contributed by atoms with E-state index in [1.54, 1.807) is 55.4 Å². The Labute approximate surface area is 614 Å². The zero-order valence-corrected chi connectivity index (χ0v) is 62.8. The summed E-state index contributed by atoms with van der Waals surface area (Å²) >= 11 is 1.47. The molecule has 0 aliphatic rings. The summed E-state index contributed by atoms with van der Waals surface area (Å²) in [5, 5.41) is 70.2. The number of nitrogens with two attached hydrogens (primary N) is 6. The molecule has 0 saturated carbocycles. The van der Waals surface area contributed by atoms with Gasteiger partial charge in [-0.15, -0.1) is 0 Å². The smallest absolute Gasteiger partial charge is 0.322 e. The molecule has 0 saturated heterocycles. The van der Waals surface area contributed by atoms with Gasteiger partial charge >= 0.3 is 11.9 Å². The number of hydrogen-bond acceptors (Lipinski definition) is 22. The van der Waals surface area contributed by atoms with Crippen molar-refractivity contribution >= 4 is 101 Å². The van der Waals surface area contributed by atoms with E-state index in [2.05, 4.69) is 68.8 Å². The number of aliphatic carboxylic acids is 2. The number of carboxylic acids is 2. The number of carboxylic acid groups (broad SMARTS) is 2. The van der Waals surface area contributed by atoms with Gasteiger partial charge in [-0.2, -0.15) is 11.8 Å². The van der Waals surface area contributed by atoms with Gasteiger partial charge in [-0.05, 0) is 152 Å². The summed E-state index contributed by atoms with van der Waals surface area (Å²) in [6.07, 6.45) is 3.81. The third kappa shape index (κ3) is 39.2. The maximum Gasteiger partial charge on any atom is 0.322 e. The summed E-state index contributed by atoms with van der Waals surface area (Å²) in [7, 11) is 0. The molecule has 596 valence electrons. The van der Waals surface area contributed by atoms with Crippen LogP contribution in [0, 0.1) is 23.7 Å². The van der Waals surface area contributed by atoms with Gasteiger partial charge in [-0.25, -0.2) is 0 Å². The van der Waals surface area contributed by atoms with Crippen LogP contribution in [-0.2, 0) is 67.1 Å². The Morgan fingerprint density at radius 3 is 1.07 bits per heavy atom. The summed E-state index contributed by atoms with van der Waals surface area (Å²) in [6, 6.07) is -17.1. The summed E-state index contributed by atoms with van der Waals surface area (Å²) in [5.74, 6) is -15.2. The lowest BCUT2D eigenvalue weighted by Crippen LogP contribution is -2.62. The van der Waals surface area contributed by atoms with Crippen LogP contribution in [0.2, 0.25) is 0 Å². The van der Waals surface area contributed by atoms with E-state index in [1.165, 1.54) is 11.8 Å². The number of nitrogens with zero attached hydrogens (tertiary/aromatic N) is 1. The first-order valence-electron chi connectivity index (χ1n) is 35.8. The van der Waals surface area contributed by atoms with Gasteiger partial charge in [0.05, 0.1) is 19.3 Å². The van der Waals surface area contributed by atoms with Crippen molar-refractivity contribution in [2.24, 2.45) is 63.1 Å². The van der Waals surface area contributed by atoms with Crippen LogP contribution in [0.15, 0.2) is 4.99 Å². The highest BCUT2D eigenvalue weighted by Crippen LogP contribution is 2.17. The van der Waals surface area contributed by atoms with E-state index in [-0.39, 0.29) is 102 Å². The van der Waals surface area contributed by atoms with Crippen LogP contribution < -0.4 is 98.2 Å². The summed E-state index contributed by atoms with van der Waals surface area (Å²) in [4.78, 5) is 195. The number of carbonyl (C=O) groups excluding carboxylic acids is 12. The first-order chi connectivity index (χ1) is 49.1. The van der Waals surface area contributed by atoms with Crippen molar-refractivity contribution in [2.45, 2.75) is 243 Å². The quantitative estimate of drug-likeness (QED) is 0.0154. The van der Waals surface area contributed by atoms with Crippen molar-refractivity contribution in [1.82, 2.24) is 63.8 Å². The molecule has 104 heavy (non-hydrogen) atoms. The molecule has 0 bridgehead atoms. The van der Waals surface area contributed by atoms with Gasteiger partial charge in [0.2, 0.25) is 70.9 Å². The second-order valence-corrected chi connectivity index (χ2v) is 27.6. The Balaban J connectivity index is 7.01. The molecule has 0 unspecified atom stereocenters. The number of aliphatic hydroxyl groups is 2. The fraction of sp³-hybridized carbons (Fsp3) is 0.773. The Morgan fingerprint density at radius 1 is 0.394 bits per heavy atom. The van der Waals surface area contributed by atoms with Crippen LogP contribution in [0.25, 0.3) is 0 Å². The van der Waals surface area contributed by atoms with E-state index < -0.39 is 200 Å². The van der Waals surface area contributed by atoms with E-state index in [1.807, 2.05) is 6.26 Å². The zero-order chi connectivity index (χ0) is 79.2. The van der Waals surface area contributed by atoms with Gasteiger partial charge in [-0.3, -0.25) is 72.1 Å². The summed E-state index contributed by atoms with van der Waals surface area (Å²) < 4.78 is 0. The third-order valence-electron chi connectivity index (χ3n) is 16.9. The molecule has 38 heteroatoms. The van der Waals surface area contributed by atoms with Crippen molar-refractivity contribution in [1.29, 1.82) is 0 Å². The van der Waals surface area contributed by atoms with Crippen LogP contribution in [-0.4, -0.2) is 240 Å². The van der Waals surface area contributed by atoms with Crippen molar-refractivity contribution in [3.05, 3.63) is 0 Å². The van der Waals surface area contributed by atoms with Crippen molar-refractivity contribution in [2.75, 3.05) is 57.9 Å². The maximum absolute atomic E-state index is 14.5. The molecule has 0 radical (unpaired) electrons. The normalized spacial score (nSPS) is 15.3. The number of nitrogens with one attached hydrogen (secondary N) is 12. The first-order valence-corrected chi connectivity index (χ1v) is 37.2. The number of thioether (sulfide) groups is 1. The lowest BCUT2D eigenvalue weighted by atomic mass is 9.95. The molecule has 0 aliphatic carbocycles. The fourth-order valence-electron chi connectivity index (χ4n) is 10.4. The fourth-order valence-corrected chi connectivity index (χ4v) is 10.9. The van der Waals surface area contributed by atoms with E-state index in [4.69, 9.17) is 39.5 Å². The SMILES string of the molecule is CC[C@H](C)[C@H](NC(=O)[C@H](CC(C)C)NC(=O)[C@@H](NC(=O)[C@H](CO)NC(=O)[C@H](CC(C)C)NC(=O)[C@H](CCC(=O)O)NC(=O)[C@H](CCCN=C(N)N)NC(=O)[C@H](CCCCN)NC(=O)[C@@H](N)CCSC)[C@@H](C)CC)C(=O)N[C@@H](CCCCN)C(=O)N[C@@H](CO)C(=O)N[C@@H](CCCCN)C(=O)NCC(=O)O. The number of unbranched alkanes of at least 4 members (excludes halogenated alkanes) is 3. The van der Waals surface area contributed by atoms with Crippen molar-refractivity contribution in [3.8, 4) is 0 Å². The number of rotatable bonds is 57. The molecule has 14 atom stereocenters. The van der Waals surface area contributed by atoms with E-state index >= 15 is 0 Å². The monoisotopic (exact) mass is 1500 g/mol. The number of hydrogen-bond donors (Lipinski definition) is 22. The van der Waals surface area contributed by atoms with Gasteiger partial charge in [0.15, 0.2) is 5.96 Å². The molecule has 0 rings (SSSR count). The summed E-state index contributed by atoms with van der Waals surface area (Å²) in [6.45, 7) is 11.6. The highest BCUT2D eigenvalue weighted by atomic mass is 32.2. The average molecular weight is 1500 g/mol. The largest absolute Gasteiger partial charge is 0.481 e. The molecule has 0 aliphatic heterocycles. The zero-order valence-electron chi connectivity index (χ0n) is 61.9. The molecule has 0 spiro atoms. The highest BCUT2D eigenvalue weighted by Gasteiger charge is 2.39. The van der Waals surface area contributed by atoms with Gasteiger partial charge in [0.25, 0.3) is 0 Å². The molecule has 12 amide bonds. The van der Waals surface area contributed by atoms with Crippen LogP contribution in [0.3, 0.4) is 0 Å². The molecule has 37 nitrogen and oxygen atoms in total. The average Bonchev–Trinajstić information content (AvgIpc) is 0.846. The van der Waals surface area contributed by atoms with Crippen molar-refractivity contribution in [3.63, 3.8) is 0 Å². The maximum atomic E-state index is 14.5. The van der Waals surface area contributed by atoms with E-state index in [9.17, 15) is 82.4 Å². The minimum atomic E-state index is -1.79. The predicted molar refractivity (Wildman–Crippen MR) is 390 cm³/mol. The lowest BCUT2D eigenvalue weighted by Gasteiger charge is -2.31. The number of carbonyl (C=O) groups is 14. The molecular formula is C66H123N19O18S.